The first-order chi connectivity index (χ1) is 6.71. The number of nitrogens with two attached hydrogens (primary N) is 1. The van der Waals surface area contributed by atoms with Crippen LogP contribution < -0.4 is 11.1 Å². The molecule has 1 unspecified atom stereocenters. The summed E-state index contributed by atoms with van der Waals surface area (Å²) >= 11 is 0. The topological polar surface area (TPSA) is 55.1 Å². The lowest BCUT2D eigenvalue weighted by Crippen LogP contribution is -2.51. The zero-order valence-electron chi connectivity index (χ0n) is 7.99. The molecule has 14 heavy (non-hydrogen) atoms. The maximum Gasteiger partial charge on any atom is 0.220 e. The lowest BCUT2D eigenvalue weighted by Gasteiger charge is -2.33. The lowest BCUT2D eigenvalue weighted by atomic mass is 9.84. The molecule has 1 aromatic carbocycles. The van der Waals surface area contributed by atoms with Crippen molar-refractivity contribution in [1.82, 2.24) is 5.32 Å². The number of hydrogen-bond donors (Lipinski definition) is 2. The SMILES string of the molecule is NC1(c2ccccc2)CCC(=O)NC1. The summed E-state index contributed by atoms with van der Waals surface area (Å²) in [6, 6.07) is 9.93. The molecule has 0 radical (unpaired) electrons. The number of benzene rings is 1. The van der Waals surface area contributed by atoms with Crippen molar-refractivity contribution in [3.05, 3.63) is 35.9 Å². The summed E-state index contributed by atoms with van der Waals surface area (Å²) in [6.45, 7) is 0.538. The van der Waals surface area contributed by atoms with E-state index >= 15 is 0 Å². The van der Waals surface area contributed by atoms with Crippen molar-refractivity contribution in [2.45, 2.75) is 18.4 Å². The van der Waals surface area contributed by atoms with Crippen molar-refractivity contribution < 1.29 is 4.79 Å². The maximum atomic E-state index is 11.0. The van der Waals surface area contributed by atoms with Gasteiger partial charge in [-0.3, -0.25) is 4.79 Å². The fourth-order valence-electron chi connectivity index (χ4n) is 1.79. The Labute approximate surface area is 83.3 Å². The number of piperidine rings is 1. The second-order valence-corrected chi connectivity index (χ2v) is 3.80. The molecule has 1 atom stereocenters. The van der Waals surface area contributed by atoms with Crippen molar-refractivity contribution in [3.8, 4) is 0 Å². The van der Waals surface area contributed by atoms with E-state index in [9.17, 15) is 4.79 Å². The molecule has 3 heteroatoms. The van der Waals surface area contributed by atoms with Gasteiger partial charge >= 0.3 is 0 Å². The molecule has 1 aromatic rings. The number of carbonyl (C=O) groups is 1. The predicted octanol–water partition coefficient (Wildman–Crippen LogP) is 0.751. The number of hydrogen-bond acceptors (Lipinski definition) is 2. The maximum absolute atomic E-state index is 11.0. The van der Waals surface area contributed by atoms with Crippen LogP contribution in [0.25, 0.3) is 0 Å². The van der Waals surface area contributed by atoms with E-state index in [1.54, 1.807) is 0 Å². The van der Waals surface area contributed by atoms with Crippen molar-refractivity contribution in [3.63, 3.8) is 0 Å². The van der Waals surface area contributed by atoms with Crippen molar-refractivity contribution in [2.75, 3.05) is 6.54 Å². The van der Waals surface area contributed by atoms with Crippen LogP contribution in [-0.4, -0.2) is 12.5 Å². The first-order valence-corrected chi connectivity index (χ1v) is 4.82. The molecule has 1 amide bonds. The summed E-state index contributed by atoms with van der Waals surface area (Å²) in [5, 5.41) is 2.81. The second kappa shape index (κ2) is 3.42. The summed E-state index contributed by atoms with van der Waals surface area (Å²) in [6.07, 6.45) is 1.24. The van der Waals surface area contributed by atoms with Crippen LogP contribution in [0.2, 0.25) is 0 Å². The molecule has 1 aliphatic heterocycles. The van der Waals surface area contributed by atoms with Crippen molar-refractivity contribution in [1.29, 1.82) is 0 Å². The van der Waals surface area contributed by atoms with Crippen LogP contribution in [0.1, 0.15) is 18.4 Å². The Morgan fingerprint density at radius 1 is 1.29 bits per heavy atom. The fraction of sp³-hybridized carbons (Fsp3) is 0.364. The third kappa shape index (κ3) is 1.63. The van der Waals surface area contributed by atoms with E-state index in [0.717, 1.165) is 12.0 Å². The van der Waals surface area contributed by atoms with Crippen LogP contribution in [0.5, 0.6) is 0 Å². The standard InChI is InChI=1S/C11H14N2O/c12-11(7-6-10(14)13-8-11)9-4-2-1-3-5-9/h1-5H,6-8,12H2,(H,13,14). The van der Waals surface area contributed by atoms with Gasteiger partial charge in [0.2, 0.25) is 5.91 Å². The molecule has 0 spiro atoms. The summed E-state index contributed by atoms with van der Waals surface area (Å²) in [5.74, 6) is 0.0991. The average molecular weight is 190 g/mol. The highest BCUT2D eigenvalue weighted by atomic mass is 16.1. The van der Waals surface area contributed by atoms with E-state index in [-0.39, 0.29) is 11.4 Å². The lowest BCUT2D eigenvalue weighted by molar-refractivity contribution is -0.123. The Morgan fingerprint density at radius 3 is 2.57 bits per heavy atom. The number of carbonyl (C=O) groups excluding carboxylic acids is 1. The molecule has 1 aliphatic rings. The predicted molar refractivity (Wildman–Crippen MR) is 54.6 cm³/mol. The number of rotatable bonds is 1. The summed E-state index contributed by atoms with van der Waals surface area (Å²) in [7, 11) is 0. The van der Waals surface area contributed by atoms with Gasteiger partial charge in [0.15, 0.2) is 0 Å². The van der Waals surface area contributed by atoms with Crippen LogP contribution in [0.4, 0.5) is 0 Å². The van der Waals surface area contributed by atoms with Crippen molar-refractivity contribution >= 4 is 5.91 Å². The average Bonchev–Trinajstić information content (AvgIpc) is 2.24. The monoisotopic (exact) mass is 190 g/mol. The van der Waals surface area contributed by atoms with Gasteiger partial charge in [-0.25, -0.2) is 0 Å². The molecule has 2 rings (SSSR count). The third-order valence-electron chi connectivity index (χ3n) is 2.75. The van der Waals surface area contributed by atoms with Gasteiger partial charge in [0.1, 0.15) is 0 Å². The highest BCUT2D eigenvalue weighted by Gasteiger charge is 2.31. The zero-order valence-corrected chi connectivity index (χ0v) is 7.99. The van der Waals surface area contributed by atoms with Gasteiger partial charge in [-0.05, 0) is 12.0 Å². The van der Waals surface area contributed by atoms with E-state index < -0.39 is 0 Å². The number of nitrogens with one attached hydrogen (secondary N) is 1. The summed E-state index contributed by atoms with van der Waals surface area (Å²) in [4.78, 5) is 11.0. The third-order valence-corrected chi connectivity index (χ3v) is 2.75. The Hall–Kier alpha value is -1.35. The first-order valence-electron chi connectivity index (χ1n) is 4.82. The van der Waals surface area contributed by atoms with Crippen LogP contribution >= 0.6 is 0 Å². The Bertz CT molecular complexity index is 324. The Kier molecular flexibility index (Phi) is 2.25. The first kappa shape index (κ1) is 9.21. The molecule has 1 saturated heterocycles. The molecule has 3 N–H and O–H groups in total. The van der Waals surface area contributed by atoms with Gasteiger partial charge in [0.25, 0.3) is 0 Å². The highest BCUT2D eigenvalue weighted by molar-refractivity contribution is 5.77. The summed E-state index contributed by atoms with van der Waals surface area (Å²) < 4.78 is 0. The molecular weight excluding hydrogens is 176 g/mol. The van der Waals surface area contributed by atoms with E-state index in [2.05, 4.69) is 5.32 Å². The minimum absolute atomic E-state index is 0.0991. The van der Waals surface area contributed by atoms with Gasteiger partial charge < -0.3 is 11.1 Å². The largest absolute Gasteiger partial charge is 0.354 e. The highest BCUT2D eigenvalue weighted by Crippen LogP contribution is 2.25. The quantitative estimate of drug-likeness (QED) is 0.686. The normalized spacial score (nSPS) is 27.1. The minimum Gasteiger partial charge on any atom is -0.354 e. The molecule has 0 saturated carbocycles. The van der Waals surface area contributed by atoms with Gasteiger partial charge in [0.05, 0.1) is 5.54 Å². The van der Waals surface area contributed by atoms with E-state index in [4.69, 9.17) is 5.73 Å². The second-order valence-electron chi connectivity index (χ2n) is 3.80. The molecule has 0 bridgehead atoms. The van der Waals surface area contributed by atoms with Gasteiger partial charge in [-0.1, -0.05) is 30.3 Å². The molecule has 3 nitrogen and oxygen atoms in total. The molecule has 1 heterocycles. The smallest absolute Gasteiger partial charge is 0.220 e. The molecule has 74 valence electrons. The van der Waals surface area contributed by atoms with Crippen LogP contribution in [0, 0.1) is 0 Å². The molecule has 1 fully saturated rings. The number of amides is 1. The molecular formula is C11H14N2O. The molecule has 0 aromatic heterocycles. The van der Waals surface area contributed by atoms with Gasteiger partial charge in [-0.2, -0.15) is 0 Å². The van der Waals surface area contributed by atoms with E-state index in [0.29, 0.717) is 13.0 Å². The van der Waals surface area contributed by atoms with Crippen LogP contribution in [0.15, 0.2) is 30.3 Å². The summed E-state index contributed by atoms with van der Waals surface area (Å²) in [5.41, 5.74) is 6.95. The van der Waals surface area contributed by atoms with E-state index in [1.807, 2.05) is 30.3 Å². The zero-order chi connectivity index (χ0) is 10.0. The fourth-order valence-corrected chi connectivity index (χ4v) is 1.79. The Balaban J connectivity index is 2.21. The minimum atomic E-state index is -0.380. The van der Waals surface area contributed by atoms with Gasteiger partial charge in [0, 0.05) is 13.0 Å². The van der Waals surface area contributed by atoms with Crippen molar-refractivity contribution in [2.24, 2.45) is 5.73 Å². The van der Waals surface area contributed by atoms with Gasteiger partial charge in [-0.15, -0.1) is 0 Å². The van der Waals surface area contributed by atoms with E-state index in [1.165, 1.54) is 0 Å². The Morgan fingerprint density at radius 2 is 2.00 bits per heavy atom. The van der Waals surface area contributed by atoms with Crippen LogP contribution in [0.3, 0.4) is 0 Å². The van der Waals surface area contributed by atoms with Crippen LogP contribution in [-0.2, 0) is 10.3 Å². The molecule has 0 aliphatic carbocycles.